The van der Waals surface area contributed by atoms with Crippen LogP contribution in [-0.4, -0.2) is 25.6 Å². The van der Waals surface area contributed by atoms with Crippen LogP contribution in [0.1, 0.15) is 6.92 Å². The Kier molecular flexibility index (Phi) is 5.60. The summed E-state index contributed by atoms with van der Waals surface area (Å²) in [5.74, 6) is 0. The maximum atomic E-state index is 6.60. The normalized spacial score (nSPS) is 13.4. The van der Waals surface area contributed by atoms with Crippen molar-refractivity contribution in [2.24, 2.45) is 5.10 Å². The SMILES string of the molecule is CNNC(C)N/N=C\C=N. The van der Waals surface area contributed by atoms with E-state index in [1.165, 1.54) is 6.21 Å². The van der Waals surface area contributed by atoms with E-state index in [4.69, 9.17) is 5.41 Å². The molecule has 0 amide bonds. The molecule has 0 saturated heterocycles. The molecule has 1 atom stereocenters. The van der Waals surface area contributed by atoms with Crippen molar-refractivity contribution in [2.45, 2.75) is 13.1 Å². The summed E-state index contributed by atoms with van der Waals surface area (Å²) in [4.78, 5) is 0. The van der Waals surface area contributed by atoms with Gasteiger partial charge in [-0.05, 0) is 14.0 Å². The Morgan fingerprint density at radius 3 is 2.80 bits per heavy atom. The van der Waals surface area contributed by atoms with E-state index in [9.17, 15) is 0 Å². The summed E-state index contributed by atoms with van der Waals surface area (Å²) in [6, 6.07) is 0. The fourth-order valence-corrected chi connectivity index (χ4v) is 0.441. The van der Waals surface area contributed by atoms with E-state index < -0.39 is 0 Å². The second-order valence-corrected chi connectivity index (χ2v) is 1.69. The Morgan fingerprint density at radius 2 is 2.30 bits per heavy atom. The fraction of sp³-hybridized carbons (Fsp3) is 0.600. The largest absolute Gasteiger partial charge is 0.307 e. The fourth-order valence-electron chi connectivity index (χ4n) is 0.441. The van der Waals surface area contributed by atoms with Crippen LogP contribution in [0.3, 0.4) is 0 Å². The van der Waals surface area contributed by atoms with E-state index in [2.05, 4.69) is 21.4 Å². The van der Waals surface area contributed by atoms with Gasteiger partial charge in [-0.25, -0.2) is 5.43 Å². The van der Waals surface area contributed by atoms with Gasteiger partial charge in [0.1, 0.15) is 6.17 Å². The molecule has 10 heavy (non-hydrogen) atoms. The Balaban J connectivity index is 3.28. The Hall–Kier alpha value is -0.940. The first-order chi connectivity index (χ1) is 4.81. The first-order valence-corrected chi connectivity index (χ1v) is 3.01. The zero-order chi connectivity index (χ0) is 7.82. The van der Waals surface area contributed by atoms with Gasteiger partial charge in [-0.15, -0.1) is 0 Å². The molecule has 0 radical (unpaired) electrons. The lowest BCUT2D eigenvalue weighted by molar-refractivity contribution is 0.424. The van der Waals surface area contributed by atoms with Gasteiger partial charge in [-0.3, -0.25) is 10.9 Å². The molecule has 0 bridgehead atoms. The minimum absolute atomic E-state index is 0.0567. The number of hydrogen-bond donors (Lipinski definition) is 4. The molecule has 0 fully saturated rings. The van der Waals surface area contributed by atoms with Crippen molar-refractivity contribution in [3.8, 4) is 0 Å². The van der Waals surface area contributed by atoms with E-state index in [0.29, 0.717) is 0 Å². The van der Waals surface area contributed by atoms with Crippen LogP contribution >= 0.6 is 0 Å². The van der Waals surface area contributed by atoms with Crippen molar-refractivity contribution in [1.82, 2.24) is 16.3 Å². The molecule has 0 aliphatic rings. The highest BCUT2D eigenvalue weighted by molar-refractivity contribution is 6.14. The molecule has 0 aliphatic carbocycles. The summed E-state index contributed by atoms with van der Waals surface area (Å²) in [6.07, 6.45) is 2.54. The van der Waals surface area contributed by atoms with Crippen LogP contribution in [0.25, 0.3) is 0 Å². The Morgan fingerprint density at radius 1 is 1.60 bits per heavy atom. The molecule has 0 aliphatic heterocycles. The molecule has 0 aromatic heterocycles. The van der Waals surface area contributed by atoms with Gasteiger partial charge in [0, 0.05) is 6.21 Å². The minimum Gasteiger partial charge on any atom is -0.307 e. The van der Waals surface area contributed by atoms with Gasteiger partial charge in [-0.1, -0.05) is 0 Å². The summed E-state index contributed by atoms with van der Waals surface area (Å²) < 4.78 is 0. The van der Waals surface area contributed by atoms with E-state index in [0.717, 1.165) is 6.21 Å². The number of rotatable bonds is 5. The smallest absolute Gasteiger partial charge is 0.103 e. The first-order valence-electron chi connectivity index (χ1n) is 3.01. The second kappa shape index (κ2) is 6.18. The van der Waals surface area contributed by atoms with Gasteiger partial charge in [0.25, 0.3) is 0 Å². The molecule has 5 nitrogen and oxygen atoms in total. The molecule has 58 valence electrons. The standard InChI is InChI=1S/C5H13N5/c1-5(9-7-2)10-8-4-3-6/h3-7,9-10H,1-2H3/b6-3?,8-4-. The molecular weight excluding hydrogens is 130 g/mol. The van der Waals surface area contributed by atoms with Crippen LogP contribution in [0.5, 0.6) is 0 Å². The Bertz CT molecular complexity index is 111. The molecule has 0 heterocycles. The summed E-state index contributed by atoms with van der Waals surface area (Å²) in [7, 11) is 1.78. The van der Waals surface area contributed by atoms with Crippen molar-refractivity contribution in [2.75, 3.05) is 7.05 Å². The van der Waals surface area contributed by atoms with Crippen molar-refractivity contribution < 1.29 is 0 Å². The van der Waals surface area contributed by atoms with Crippen molar-refractivity contribution >= 4 is 12.4 Å². The highest BCUT2D eigenvalue weighted by atomic mass is 15.5. The molecular formula is C5H13N5. The van der Waals surface area contributed by atoms with Crippen molar-refractivity contribution in [3.05, 3.63) is 0 Å². The molecule has 1 unspecified atom stereocenters. The maximum Gasteiger partial charge on any atom is 0.103 e. The maximum absolute atomic E-state index is 6.60. The lowest BCUT2D eigenvalue weighted by atomic mass is 10.6. The lowest BCUT2D eigenvalue weighted by Gasteiger charge is -2.10. The first kappa shape index (κ1) is 9.06. The summed E-state index contributed by atoms with van der Waals surface area (Å²) in [5.41, 5.74) is 8.33. The molecule has 4 N–H and O–H groups in total. The molecule has 0 aromatic carbocycles. The monoisotopic (exact) mass is 143 g/mol. The van der Waals surface area contributed by atoms with Crippen LogP contribution in [0, 0.1) is 5.41 Å². The van der Waals surface area contributed by atoms with E-state index in [1.54, 1.807) is 7.05 Å². The minimum atomic E-state index is 0.0567. The average molecular weight is 143 g/mol. The third kappa shape index (κ3) is 5.20. The number of hydrazine groups is 1. The topological polar surface area (TPSA) is 72.3 Å². The zero-order valence-electron chi connectivity index (χ0n) is 6.18. The third-order valence-corrected chi connectivity index (χ3v) is 0.778. The predicted octanol–water partition coefficient (Wildman–Crippen LogP) is -0.719. The van der Waals surface area contributed by atoms with Gasteiger partial charge >= 0.3 is 0 Å². The number of hydrogen-bond acceptors (Lipinski definition) is 5. The third-order valence-electron chi connectivity index (χ3n) is 0.778. The highest BCUT2D eigenvalue weighted by Crippen LogP contribution is 1.67. The molecule has 0 aromatic rings. The summed E-state index contributed by atoms with van der Waals surface area (Å²) in [5, 5.41) is 10.3. The van der Waals surface area contributed by atoms with Crippen LogP contribution in [0.2, 0.25) is 0 Å². The summed E-state index contributed by atoms with van der Waals surface area (Å²) >= 11 is 0. The quantitative estimate of drug-likeness (QED) is 0.233. The molecule has 0 rings (SSSR count). The van der Waals surface area contributed by atoms with Crippen LogP contribution in [0.4, 0.5) is 0 Å². The van der Waals surface area contributed by atoms with Gasteiger partial charge in [0.2, 0.25) is 0 Å². The molecule has 0 spiro atoms. The van der Waals surface area contributed by atoms with Crippen molar-refractivity contribution in [1.29, 1.82) is 5.41 Å². The second-order valence-electron chi connectivity index (χ2n) is 1.69. The van der Waals surface area contributed by atoms with E-state index in [1.807, 2.05) is 6.92 Å². The number of nitrogens with one attached hydrogen (secondary N) is 4. The average Bonchev–Trinajstić information content (AvgIpc) is 1.89. The van der Waals surface area contributed by atoms with Crippen LogP contribution in [0.15, 0.2) is 5.10 Å². The van der Waals surface area contributed by atoms with Gasteiger partial charge in [-0.2, -0.15) is 5.10 Å². The number of nitrogens with zero attached hydrogens (tertiary/aromatic N) is 1. The summed E-state index contributed by atoms with van der Waals surface area (Å²) in [6.45, 7) is 1.90. The van der Waals surface area contributed by atoms with Gasteiger partial charge in [0.05, 0.1) is 6.21 Å². The van der Waals surface area contributed by atoms with E-state index >= 15 is 0 Å². The lowest BCUT2D eigenvalue weighted by Crippen LogP contribution is -2.43. The van der Waals surface area contributed by atoms with Crippen LogP contribution in [-0.2, 0) is 0 Å². The van der Waals surface area contributed by atoms with Gasteiger partial charge in [0.15, 0.2) is 0 Å². The van der Waals surface area contributed by atoms with E-state index in [-0.39, 0.29) is 6.17 Å². The molecule has 0 saturated carbocycles. The van der Waals surface area contributed by atoms with Crippen LogP contribution < -0.4 is 16.3 Å². The Labute approximate surface area is 60.4 Å². The predicted molar refractivity (Wildman–Crippen MR) is 42.1 cm³/mol. The molecule has 5 heteroatoms. The number of hydrazone groups is 1. The van der Waals surface area contributed by atoms with Gasteiger partial charge < -0.3 is 5.41 Å². The highest BCUT2D eigenvalue weighted by Gasteiger charge is 1.91. The van der Waals surface area contributed by atoms with Crippen molar-refractivity contribution in [3.63, 3.8) is 0 Å². The zero-order valence-corrected chi connectivity index (χ0v) is 6.18.